The van der Waals surface area contributed by atoms with Gasteiger partial charge in [0.15, 0.2) is 5.96 Å². The second-order valence-corrected chi connectivity index (χ2v) is 7.75. The fraction of sp³-hybridized carbons (Fsp3) is 0.333. The smallest absolute Gasteiger partial charge is 0.194 e. The summed E-state index contributed by atoms with van der Waals surface area (Å²) in [5.41, 5.74) is 3.13. The number of hydrogen-bond acceptors (Lipinski definition) is 3. The molecule has 1 aliphatic rings. The van der Waals surface area contributed by atoms with E-state index in [2.05, 4.69) is 53.9 Å². The number of piperazine rings is 1. The molecule has 0 saturated carbocycles. The number of guanidine groups is 1. The number of rotatable bonds is 5. The van der Waals surface area contributed by atoms with Crippen LogP contribution in [0.1, 0.15) is 17.0 Å². The molecule has 2 aromatic carbocycles. The Morgan fingerprint density at radius 3 is 2.55 bits per heavy atom. The van der Waals surface area contributed by atoms with Crippen molar-refractivity contribution >= 4 is 11.6 Å². The first-order valence-corrected chi connectivity index (χ1v) is 10.6. The zero-order chi connectivity index (χ0) is 21.6. The fourth-order valence-corrected chi connectivity index (χ4v) is 3.99. The molecular formula is C24H29FN6. The van der Waals surface area contributed by atoms with Gasteiger partial charge in [0.1, 0.15) is 11.6 Å². The van der Waals surface area contributed by atoms with E-state index in [1.807, 2.05) is 38.5 Å². The number of hydrogen-bond donors (Lipinski definition) is 1. The molecule has 31 heavy (non-hydrogen) atoms. The van der Waals surface area contributed by atoms with Crippen LogP contribution in [0.5, 0.6) is 0 Å². The monoisotopic (exact) mass is 420 g/mol. The van der Waals surface area contributed by atoms with Crippen LogP contribution in [0.2, 0.25) is 0 Å². The molecular weight excluding hydrogens is 391 g/mol. The van der Waals surface area contributed by atoms with Crippen molar-refractivity contribution < 1.29 is 4.39 Å². The highest BCUT2D eigenvalue weighted by atomic mass is 19.1. The van der Waals surface area contributed by atoms with E-state index in [1.165, 1.54) is 17.2 Å². The van der Waals surface area contributed by atoms with Gasteiger partial charge < -0.3 is 19.7 Å². The highest BCUT2D eigenvalue weighted by Gasteiger charge is 2.21. The second kappa shape index (κ2) is 9.64. The molecule has 0 atom stereocenters. The Bertz CT molecular complexity index is 1040. The zero-order valence-corrected chi connectivity index (χ0v) is 18.1. The summed E-state index contributed by atoms with van der Waals surface area (Å²) >= 11 is 0. The van der Waals surface area contributed by atoms with Gasteiger partial charge in [0.05, 0.1) is 5.69 Å². The fourth-order valence-electron chi connectivity index (χ4n) is 3.99. The minimum absolute atomic E-state index is 0.163. The lowest BCUT2D eigenvalue weighted by Gasteiger charge is -2.37. The predicted octanol–water partition coefficient (Wildman–Crippen LogP) is 3.28. The Hall–Kier alpha value is -3.35. The summed E-state index contributed by atoms with van der Waals surface area (Å²) in [4.78, 5) is 13.1. The number of halogens is 1. The van der Waals surface area contributed by atoms with Crippen LogP contribution in [-0.4, -0.2) is 53.6 Å². The number of para-hydroxylation sites is 1. The van der Waals surface area contributed by atoms with Gasteiger partial charge >= 0.3 is 0 Å². The van der Waals surface area contributed by atoms with Gasteiger partial charge in [-0.2, -0.15) is 0 Å². The van der Waals surface area contributed by atoms with E-state index in [0.717, 1.165) is 44.5 Å². The molecule has 1 fully saturated rings. The molecule has 0 bridgehead atoms. The Labute approximate surface area is 183 Å². The average Bonchev–Trinajstić information content (AvgIpc) is 3.19. The quantitative estimate of drug-likeness (QED) is 0.508. The summed E-state index contributed by atoms with van der Waals surface area (Å²) in [7, 11) is 1.81. The largest absolute Gasteiger partial charge is 0.366 e. The van der Waals surface area contributed by atoms with Crippen molar-refractivity contribution in [3.63, 3.8) is 0 Å². The van der Waals surface area contributed by atoms with Crippen LogP contribution in [0.4, 0.5) is 10.1 Å². The van der Waals surface area contributed by atoms with Gasteiger partial charge in [-0.15, -0.1) is 0 Å². The molecule has 0 unspecified atom stereocenters. The number of nitrogens with zero attached hydrogens (tertiary/aromatic N) is 5. The van der Waals surface area contributed by atoms with Crippen LogP contribution >= 0.6 is 0 Å². The first-order valence-electron chi connectivity index (χ1n) is 10.6. The first kappa shape index (κ1) is 20.9. The maximum atomic E-state index is 14.1. The molecule has 0 spiro atoms. The van der Waals surface area contributed by atoms with Crippen molar-refractivity contribution in [1.29, 1.82) is 0 Å². The van der Waals surface area contributed by atoms with E-state index in [1.54, 1.807) is 6.07 Å². The van der Waals surface area contributed by atoms with E-state index in [-0.39, 0.29) is 5.82 Å². The minimum Gasteiger partial charge on any atom is -0.366 e. The van der Waals surface area contributed by atoms with Gasteiger partial charge in [-0.25, -0.2) is 9.37 Å². The van der Waals surface area contributed by atoms with E-state index in [0.29, 0.717) is 12.2 Å². The maximum absolute atomic E-state index is 14.1. The van der Waals surface area contributed by atoms with E-state index >= 15 is 0 Å². The number of benzene rings is 2. The van der Waals surface area contributed by atoms with Crippen LogP contribution in [0, 0.1) is 12.7 Å². The molecule has 0 aliphatic carbocycles. The topological polar surface area (TPSA) is 48.7 Å². The molecule has 162 valence electrons. The molecule has 1 aliphatic heterocycles. The van der Waals surface area contributed by atoms with Crippen molar-refractivity contribution in [3.8, 4) is 0 Å². The SMILES string of the molecule is CN=C(NCc1cccc(Cn2ccnc2C)c1)N1CCN(c2ccccc2F)CC1. The highest BCUT2D eigenvalue weighted by molar-refractivity contribution is 5.80. The van der Waals surface area contributed by atoms with Crippen LogP contribution in [0.3, 0.4) is 0 Å². The van der Waals surface area contributed by atoms with Crippen LogP contribution in [0.15, 0.2) is 65.9 Å². The molecule has 4 rings (SSSR count). The van der Waals surface area contributed by atoms with Gasteiger partial charge in [-0.3, -0.25) is 4.99 Å². The van der Waals surface area contributed by atoms with Crippen LogP contribution in [0.25, 0.3) is 0 Å². The summed E-state index contributed by atoms with van der Waals surface area (Å²) in [6, 6.07) is 15.5. The van der Waals surface area contributed by atoms with Crippen molar-refractivity contribution in [3.05, 3.63) is 83.7 Å². The van der Waals surface area contributed by atoms with Crippen molar-refractivity contribution in [1.82, 2.24) is 19.8 Å². The van der Waals surface area contributed by atoms with E-state index in [9.17, 15) is 4.39 Å². The highest BCUT2D eigenvalue weighted by Crippen LogP contribution is 2.20. The summed E-state index contributed by atoms with van der Waals surface area (Å²) in [6.07, 6.45) is 3.83. The normalized spacial score (nSPS) is 14.7. The standard InChI is InChI=1S/C24H29FN6/c1-19-27-10-11-31(19)18-21-7-5-6-20(16-21)17-28-24(26-2)30-14-12-29(13-15-30)23-9-4-3-8-22(23)25/h3-11,16H,12-15,17-18H2,1-2H3,(H,26,28). The lowest BCUT2D eigenvalue weighted by molar-refractivity contribution is 0.370. The van der Waals surface area contributed by atoms with Gasteiger partial charge in [-0.1, -0.05) is 36.4 Å². The van der Waals surface area contributed by atoms with Crippen molar-refractivity contribution in [2.45, 2.75) is 20.0 Å². The number of anilines is 1. The van der Waals surface area contributed by atoms with E-state index < -0.39 is 0 Å². The average molecular weight is 421 g/mol. The van der Waals surface area contributed by atoms with Crippen molar-refractivity contribution in [2.75, 3.05) is 38.1 Å². The van der Waals surface area contributed by atoms with Crippen LogP contribution in [-0.2, 0) is 13.1 Å². The lowest BCUT2D eigenvalue weighted by Crippen LogP contribution is -2.52. The second-order valence-electron chi connectivity index (χ2n) is 7.75. The first-order chi connectivity index (χ1) is 15.1. The number of aryl methyl sites for hydroxylation is 1. The third-order valence-corrected chi connectivity index (χ3v) is 5.70. The van der Waals surface area contributed by atoms with Gasteiger partial charge in [-0.05, 0) is 30.2 Å². The third-order valence-electron chi connectivity index (χ3n) is 5.70. The molecule has 1 N–H and O–H groups in total. The summed E-state index contributed by atoms with van der Waals surface area (Å²) < 4.78 is 16.2. The third kappa shape index (κ3) is 5.05. The molecule has 7 heteroatoms. The maximum Gasteiger partial charge on any atom is 0.194 e. The number of nitrogens with one attached hydrogen (secondary N) is 1. The van der Waals surface area contributed by atoms with Gasteiger partial charge in [0, 0.05) is 58.7 Å². The van der Waals surface area contributed by atoms with Crippen LogP contribution < -0.4 is 10.2 Å². The molecule has 2 heterocycles. The predicted molar refractivity (Wildman–Crippen MR) is 123 cm³/mol. The zero-order valence-electron chi connectivity index (χ0n) is 18.1. The molecule has 3 aromatic rings. The Morgan fingerprint density at radius 1 is 1.06 bits per heavy atom. The summed E-state index contributed by atoms with van der Waals surface area (Å²) in [5.74, 6) is 1.73. The lowest BCUT2D eigenvalue weighted by atomic mass is 10.1. The van der Waals surface area contributed by atoms with Crippen molar-refractivity contribution in [2.24, 2.45) is 4.99 Å². The number of aliphatic imine (C=N–C) groups is 1. The molecule has 0 amide bonds. The molecule has 0 radical (unpaired) electrons. The van der Waals surface area contributed by atoms with E-state index in [4.69, 9.17) is 0 Å². The molecule has 6 nitrogen and oxygen atoms in total. The summed E-state index contributed by atoms with van der Waals surface area (Å²) in [6.45, 7) is 6.66. The summed E-state index contributed by atoms with van der Waals surface area (Å²) in [5, 5.41) is 3.48. The Balaban J connectivity index is 1.33. The van der Waals surface area contributed by atoms with Gasteiger partial charge in [0.25, 0.3) is 0 Å². The number of imidazole rings is 1. The Morgan fingerprint density at radius 2 is 1.84 bits per heavy atom. The number of aromatic nitrogens is 2. The van der Waals surface area contributed by atoms with Gasteiger partial charge in [0.2, 0.25) is 0 Å². The molecule has 1 aromatic heterocycles. The molecule has 1 saturated heterocycles. The minimum atomic E-state index is -0.163. The Kier molecular flexibility index (Phi) is 6.50.